The number of aromatic nitrogens is 4. The van der Waals surface area contributed by atoms with E-state index in [0.29, 0.717) is 23.9 Å². The summed E-state index contributed by atoms with van der Waals surface area (Å²) in [7, 11) is 1.61. The minimum absolute atomic E-state index is 0.0343. The van der Waals surface area contributed by atoms with Crippen LogP contribution in [-0.4, -0.2) is 32.0 Å². The van der Waals surface area contributed by atoms with E-state index in [0.717, 1.165) is 11.3 Å². The number of ether oxygens (including phenoxy) is 1. The first-order valence-electron chi connectivity index (χ1n) is 7.18. The summed E-state index contributed by atoms with van der Waals surface area (Å²) in [5, 5.41) is 22.9. The van der Waals surface area contributed by atoms with Crippen LogP contribution in [0.5, 0.6) is 5.75 Å². The Kier molecular flexibility index (Phi) is 4.23. The lowest BCUT2D eigenvalue weighted by molar-refractivity contribution is -0.385. The second-order valence-corrected chi connectivity index (χ2v) is 5.17. The fourth-order valence-electron chi connectivity index (χ4n) is 2.25. The van der Waals surface area contributed by atoms with Gasteiger partial charge in [0.25, 0.3) is 0 Å². The molecule has 3 aromatic rings. The van der Waals surface area contributed by atoms with Crippen LogP contribution in [-0.2, 0) is 13.0 Å². The minimum atomic E-state index is -0.470. The van der Waals surface area contributed by atoms with E-state index in [9.17, 15) is 10.1 Å². The Balaban J connectivity index is 1.68. The summed E-state index contributed by atoms with van der Waals surface area (Å²) < 4.78 is 12.1. The first-order valence-corrected chi connectivity index (χ1v) is 7.18. The predicted molar refractivity (Wildman–Crippen MR) is 82.8 cm³/mol. The highest BCUT2D eigenvalue weighted by molar-refractivity contribution is 5.31. The Bertz CT molecular complexity index is 853. The second kappa shape index (κ2) is 6.49. The quantitative estimate of drug-likeness (QED) is 0.503. The number of benzene rings is 1. The molecule has 0 aliphatic heterocycles. The van der Waals surface area contributed by atoms with Crippen molar-refractivity contribution in [1.29, 1.82) is 0 Å². The molecule has 2 aromatic heterocycles. The zero-order chi connectivity index (χ0) is 17.1. The molecule has 0 aliphatic carbocycles. The number of hydrogen-bond acceptors (Lipinski definition) is 7. The molecule has 9 nitrogen and oxygen atoms in total. The largest absolute Gasteiger partial charge is 0.497 e. The second-order valence-electron chi connectivity index (χ2n) is 5.17. The maximum absolute atomic E-state index is 10.8. The van der Waals surface area contributed by atoms with Crippen LogP contribution < -0.4 is 4.74 Å². The van der Waals surface area contributed by atoms with Gasteiger partial charge in [-0.3, -0.25) is 14.8 Å². The van der Waals surface area contributed by atoms with Crippen molar-refractivity contribution >= 4 is 5.69 Å². The van der Waals surface area contributed by atoms with Crippen LogP contribution in [0.2, 0.25) is 0 Å². The Labute approximate surface area is 137 Å². The van der Waals surface area contributed by atoms with Crippen molar-refractivity contribution in [3.8, 4) is 5.75 Å². The maximum Gasteiger partial charge on any atom is 0.309 e. The standard InChI is InChI=1S/C15H15N5O4/c1-10-13(20(21)22)8-19(18-10)9-15-17-16-14(24-15)7-11-3-5-12(23-2)6-4-11/h3-6,8H,7,9H2,1-2H3. The molecule has 24 heavy (non-hydrogen) atoms. The summed E-state index contributed by atoms with van der Waals surface area (Å²) in [5.41, 5.74) is 1.32. The van der Waals surface area contributed by atoms with E-state index in [4.69, 9.17) is 9.15 Å². The van der Waals surface area contributed by atoms with Crippen molar-refractivity contribution < 1.29 is 14.1 Å². The first kappa shape index (κ1) is 15.7. The molecule has 0 aliphatic rings. The topological polar surface area (TPSA) is 109 Å². The van der Waals surface area contributed by atoms with Gasteiger partial charge in [-0.1, -0.05) is 12.1 Å². The van der Waals surface area contributed by atoms with Gasteiger partial charge in [0.1, 0.15) is 24.2 Å². The highest BCUT2D eigenvalue weighted by Crippen LogP contribution is 2.17. The number of hydrogen-bond donors (Lipinski definition) is 0. The SMILES string of the molecule is COc1ccc(Cc2nnc(Cn3cc([N+](=O)[O-])c(C)n3)o2)cc1. The number of nitro groups is 1. The number of nitrogens with zero attached hydrogens (tertiary/aromatic N) is 5. The molecule has 0 spiro atoms. The van der Waals surface area contributed by atoms with Gasteiger partial charge < -0.3 is 9.15 Å². The number of rotatable bonds is 6. The predicted octanol–water partition coefficient (Wildman–Crippen LogP) is 2.13. The first-order chi connectivity index (χ1) is 11.5. The van der Waals surface area contributed by atoms with Gasteiger partial charge in [0.05, 0.1) is 18.5 Å². The van der Waals surface area contributed by atoms with Crippen LogP contribution in [0.15, 0.2) is 34.9 Å². The van der Waals surface area contributed by atoms with Crippen molar-refractivity contribution in [2.24, 2.45) is 0 Å². The fraction of sp³-hybridized carbons (Fsp3) is 0.267. The summed E-state index contributed by atoms with van der Waals surface area (Å²) in [5.74, 6) is 1.59. The van der Waals surface area contributed by atoms with Crippen molar-refractivity contribution in [2.45, 2.75) is 19.9 Å². The van der Waals surface area contributed by atoms with Gasteiger partial charge >= 0.3 is 5.69 Å². The smallest absolute Gasteiger partial charge is 0.309 e. The summed E-state index contributed by atoms with van der Waals surface area (Å²) in [6.07, 6.45) is 1.85. The van der Waals surface area contributed by atoms with Gasteiger partial charge in [0.2, 0.25) is 11.8 Å². The average molecular weight is 329 g/mol. The zero-order valence-electron chi connectivity index (χ0n) is 13.2. The third-order valence-corrected chi connectivity index (χ3v) is 3.44. The van der Waals surface area contributed by atoms with E-state index < -0.39 is 4.92 Å². The lowest BCUT2D eigenvalue weighted by Crippen LogP contribution is -2.00. The average Bonchev–Trinajstić information content (AvgIpc) is 3.15. The molecule has 0 amide bonds. The summed E-state index contributed by atoms with van der Waals surface area (Å²) in [4.78, 5) is 10.4. The molecule has 0 saturated carbocycles. The van der Waals surface area contributed by atoms with Crippen molar-refractivity contribution in [3.63, 3.8) is 0 Å². The van der Waals surface area contributed by atoms with E-state index in [1.807, 2.05) is 24.3 Å². The van der Waals surface area contributed by atoms with E-state index >= 15 is 0 Å². The molecule has 0 atom stereocenters. The van der Waals surface area contributed by atoms with Crippen molar-refractivity contribution in [3.05, 3.63) is 63.6 Å². The van der Waals surface area contributed by atoms with Crippen molar-refractivity contribution in [1.82, 2.24) is 20.0 Å². The Morgan fingerprint density at radius 2 is 1.96 bits per heavy atom. The van der Waals surface area contributed by atoms with Crippen LogP contribution in [0.25, 0.3) is 0 Å². The molecule has 0 saturated heterocycles. The third-order valence-electron chi connectivity index (χ3n) is 3.44. The molecule has 0 radical (unpaired) electrons. The Hall–Kier alpha value is -3.23. The molecular formula is C15H15N5O4. The molecule has 0 bridgehead atoms. The minimum Gasteiger partial charge on any atom is -0.497 e. The lowest BCUT2D eigenvalue weighted by atomic mass is 10.1. The van der Waals surface area contributed by atoms with E-state index in [1.54, 1.807) is 14.0 Å². The van der Waals surface area contributed by atoms with Crippen LogP contribution >= 0.6 is 0 Å². The molecule has 0 N–H and O–H groups in total. The normalized spacial score (nSPS) is 10.8. The molecule has 3 rings (SSSR count). The van der Waals surface area contributed by atoms with Gasteiger partial charge in [0, 0.05) is 0 Å². The highest BCUT2D eigenvalue weighted by atomic mass is 16.6. The van der Waals surface area contributed by atoms with Gasteiger partial charge in [-0.05, 0) is 24.6 Å². The van der Waals surface area contributed by atoms with Gasteiger partial charge in [-0.25, -0.2) is 0 Å². The zero-order valence-corrected chi connectivity index (χ0v) is 13.2. The van der Waals surface area contributed by atoms with Crippen LogP contribution in [0.3, 0.4) is 0 Å². The molecule has 2 heterocycles. The van der Waals surface area contributed by atoms with Crippen molar-refractivity contribution in [2.75, 3.05) is 7.11 Å². The summed E-state index contributed by atoms with van der Waals surface area (Å²) in [6.45, 7) is 1.77. The van der Waals surface area contributed by atoms with Gasteiger partial charge in [-0.15, -0.1) is 10.2 Å². The van der Waals surface area contributed by atoms with E-state index in [1.165, 1.54) is 10.9 Å². The molecule has 1 aromatic carbocycles. The van der Waals surface area contributed by atoms with Crippen LogP contribution in [0.1, 0.15) is 23.0 Å². The highest BCUT2D eigenvalue weighted by Gasteiger charge is 2.17. The molecule has 9 heteroatoms. The number of methoxy groups -OCH3 is 1. The van der Waals surface area contributed by atoms with Crippen LogP contribution in [0, 0.1) is 17.0 Å². The molecule has 0 fully saturated rings. The Morgan fingerprint density at radius 1 is 1.25 bits per heavy atom. The Morgan fingerprint density at radius 3 is 2.58 bits per heavy atom. The molecule has 124 valence electrons. The third kappa shape index (κ3) is 3.40. The molecule has 0 unspecified atom stereocenters. The lowest BCUT2D eigenvalue weighted by Gasteiger charge is -2.00. The maximum atomic E-state index is 10.8. The fourth-order valence-corrected chi connectivity index (χ4v) is 2.25. The van der Waals surface area contributed by atoms with E-state index in [2.05, 4.69) is 15.3 Å². The van der Waals surface area contributed by atoms with Gasteiger partial charge in [-0.2, -0.15) is 5.10 Å². The summed E-state index contributed by atoms with van der Waals surface area (Å²) in [6, 6.07) is 7.56. The monoisotopic (exact) mass is 329 g/mol. The summed E-state index contributed by atoms with van der Waals surface area (Å²) >= 11 is 0. The molecular weight excluding hydrogens is 314 g/mol. The van der Waals surface area contributed by atoms with E-state index in [-0.39, 0.29) is 12.2 Å². The number of aryl methyl sites for hydroxylation is 1. The van der Waals surface area contributed by atoms with Gasteiger partial charge in [0.15, 0.2) is 0 Å². The van der Waals surface area contributed by atoms with Crippen LogP contribution in [0.4, 0.5) is 5.69 Å².